The maximum atomic E-state index is 12.7. The molecule has 0 spiro atoms. The van der Waals surface area contributed by atoms with Crippen LogP contribution in [0.4, 0.5) is 5.69 Å². The summed E-state index contributed by atoms with van der Waals surface area (Å²) in [6, 6.07) is 18.5. The first-order valence-corrected chi connectivity index (χ1v) is 10.3. The molecule has 0 aliphatic heterocycles. The van der Waals surface area contributed by atoms with Gasteiger partial charge in [-0.3, -0.25) is 9.89 Å². The van der Waals surface area contributed by atoms with E-state index in [9.17, 15) is 4.79 Å². The van der Waals surface area contributed by atoms with Crippen LogP contribution in [-0.4, -0.2) is 26.1 Å². The Morgan fingerprint density at radius 1 is 1.07 bits per heavy atom. The number of thiazole rings is 1. The van der Waals surface area contributed by atoms with Gasteiger partial charge in [0.1, 0.15) is 11.2 Å². The van der Waals surface area contributed by atoms with Crippen LogP contribution in [0.25, 0.3) is 10.8 Å². The molecule has 0 aliphatic rings. The summed E-state index contributed by atoms with van der Waals surface area (Å²) in [6.45, 7) is 1.82. The molecule has 2 heterocycles. The minimum atomic E-state index is -0.160. The smallest absolute Gasteiger partial charge is 0.267 e. The second-order valence-corrected chi connectivity index (χ2v) is 7.76. The quantitative estimate of drug-likeness (QED) is 0.470. The fourth-order valence-corrected chi connectivity index (χ4v) is 4.06. The Balaban J connectivity index is 1.39. The third kappa shape index (κ3) is 4.75. The maximum Gasteiger partial charge on any atom is 0.267 e. The Bertz CT molecular complexity index is 1090. The molecule has 0 bridgehead atoms. The van der Waals surface area contributed by atoms with Gasteiger partial charge in [0.25, 0.3) is 5.91 Å². The summed E-state index contributed by atoms with van der Waals surface area (Å²) < 4.78 is 0. The van der Waals surface area contributed by atoms with E-state index >= 15 is 0 Å². The number of nitrogens with one attached hydrogen (secondary N) is 2. The molecular formula is C22H21N5OS. The first-order valence-electron chi connectivity index (χ1n) is 9.46. The highest BCUT2D eigenvalue weighted by molar-refractivity contribution is 7.17. The molecule has 4 aromatic rings. The number of H-pyrrole nitrogens is 1. The molecule has 0 aliphatic carbocycles. The molecule has 0 atom stereocenters. The lowest BCUT2D eigenvalue weighted by Crippen LogP contribution is -2.11. The summed E-state index contributed by atoms with van der Waals surface area (Å²) in [6.07, 6.45) is 4.50. The van der Waals surface area contributed by atoms with Crippen LogP contribution in [0, 0.1) is 6.92 Å². The topological polar surface area (TPSA) is 83.6 Å². The van der Waals surface area contributed by atoms with Gasteiger partial charge in [-0.1, -0.05) is 42.5 Å². The van der Waals surface area contributed by atoms with Crippen LogP contribution >= 0.6 is 11.3 Å². The van der Waals surface area contributed by atoms with E-state index in [1.165, 1.54) is 28.8 Å². The van der Waals surface area contributed by atoms with Crippen molar-refractivity contribution in [3.63, 3.8) is 0 Å². The SMILES string of the molecule is Cc1nc(-c2ncn[nH]2)sc1C(=O)Nc1cccc(CCCc2ccccc2)c1. The molecule has 0 unspecified atom stereocenters. The minimum Gasteiger partial charge on any atom is -0.321 e. The summed E-state index contributed by atoms with van der Waals surface area (Å²) in [5.41, 5.74) is 4.03. The van der Waals surface area contributed by atoms with E-state index in [1.807, 2.05) is 31.2 Å². The van der Waals surface area contributed by atoms with E-state index in [0.29, 0.717) is 21.4 Å². The number of carbonyl (C=O) groups excluding carboxylic acids is 1. The molecule has 2 aromatic carbocycles. The van der Waals surface area contributed by atoms with Crippen LogP contribution in [0.2, 0.25) is 0 Å². The van der Waals surface area contributed by atoms with Gasteiger partial charge in [-0.05, 0) is 49.4 Å². The highest BCUT2D eigenvalue weighted by Crippen LogP contribution is 2.26. The molecule has 0 saturated heterocycles. The number of hydrogen-bond acceptors (Lipinski definition) is 5. The summed E-state index contributed by atoms with van der Waals surface area (Å²) in [7, 11) is 0. The Morgan fingerprint density at radius 2 is 1.86 bits per heavy atom. The van der Waals surface area contributed by atoms with E-state index in [0.717, 1.165) is 24.9 Å². The monoisotopic (exact) mass is 403 g/mol. The van der Waals surface area contributed by atoms with E-state index in [4.69, 9.17) is 0 Å². The molecule has 4 rings (SSSR count). The lowest BCUT2D eigenvalue weighted by molar-refractivity contribution is 0.103. The number of anilines is 1. The zero-order valence-electron chi connectivity index (χ0n) is 16.1. The second-order valence-electron chi connectivity index (χ2n) is 6.76. The highest BCUT2D eigenvalue weighted by atomic mass is 32.1. The number of hydrogen-bond donors (Lipinski definition) is 2. The van der Waals surface area contributed by atoms with Crippen LogP contribution in [-0.2, 0) is 12.8 Å². The fourth-order valence-electron chi connectivity index (χ4n) is 3.15. The van der Waals surface area contributed by atoms with E-state index in [1.54, 1.807) is 0 Å². The largest absolute Gasteiger partial charge is 0.321 e. The molecule has 2 N–H and O–H groups in total. The normalized spacial score (nSPS) is 10.8. The number of aromatic amines is 1. The molecular weight excluding hydrogens is 382 g/mol. The molecule has 0 radical (unpaired) electrons. The zero-order valence-corrected chi connectivity index (χ0v) is 16.9. The fraction of sp³-hybridized carbons (Fsp3) is 0.182. The average Bonchev–Trinajstić information content (AvgIpc) is 3.39. The lowest BCUT2D eigenvalue weighted by Gasteiger charge is -2.07. The number of rotatable bonds is 7. The summed E-state index contributed by atoms with van der Waals surface area (Å²) >= 11 is 1.30. The van der Waals surface area contributed by atoms with Crippen LogP contribution in [0.5, 0.6) is 0 Å². The van der Waals surface area contributed by atoms with E-state index < -0.39 is 0 Å². The van der Waals surface area contributed by atoms with Crippen molar-refractivity contribution >= 4 is 22.9 Å². The number of amides is 1. The predicted molar refractivity (Wildman–Crippen MR) is 115 cm³/mol. The van der Waals surface area contributed by atoms with E-state index in [2.05, 4.69) is 55.8 Å². The molecule has 6 nitrogen and oxygen atoms in total. The summed E-state index contributed by atoms with van der Waals surface area (Å²) in [5.74, 6) is 0.407. The van der Waals surface area contributed by atoms with Gasteiger partial charge < -0.3 is 5.32 Å². The van der Waals surface area contributed by atoms with Crippen molar-refractivity contribution in [2.45, 2.75) is 26.2 Å². The Morgan fingerprint density at radius 3 is 2.66 bits per heavy atom. The highest BCUT2D eigenvalue weighted by Gasteiger charge is 2.17. The van der Waals surface area contributed by atoms with Crippen LogP contribution in [0.15, 0.2) is 60.9 Å². The lowest BCUT2D eigenvalue weighted by atomic mass is 10.0. The van der Waals surface area contributed by atoms with Gasteiger partial charge >= 0.3 is 0 Å². The number of carbonyl (C=O) groups is 1. The predicted octanol–water partition coefficient (Wildman–Crippen LogP) is 4.66. The summed E-state index contributed by atoms with van der Waals surface area (Å²) in [4.78, 5) is 21.8. The van der Waals surface area contributed by atoms with Crippen molar-refractivity contribution in [3.8, 4) is 10.8 Å². The van der Waals surface area contributed by atoms with Gasteiger partial charge in [0, 0.05) is 5.69 Å². The average molecular weight is 404 g/mol. The third-order valence-corrected chi connectivity index (χ3v) is 5.74. The molecule has 1 amide bonds. The second kappa shape index (κ2) is 8.79. The first kappa shape index (κ1) is 19.0. The van der Waals surface area contributed by atoms with Crippen molar-refractivity contribution < 1.29 is 4.79 Å². The van der Waals surface area contributed by atoms with Crippen LogP contribution < -0.4 is 5.32 Å². The van der Waals surface area contributed by atoms with Crippen LogP contribution in [0.3, 0.4) is 0 Å². The minimum absolute atomic E-state index is 0.160. The van der Waals surface area contributed by atoms with Crippen molar-refractivity contribution in [1.82, 2.24) is 20.2 Å². The van der Waals surface area contributed by atoms with E-state index in [-0.39, 0.29) is 5.91 Å². The van der Waals surface area contributed by atoms with Crippen molar-refractivity contribution in [1.29, 1.82) is 0 Å². The molecule has 7 heteroatoms. The summed E-state index contributed by atoms with van der Waals surface area (Å²) in [5, 5.41) is 10.3. The van der Waals surface area contributed by atoms with Crippen molar-refractivity contribution in [2.24, 2.45) is 0 Å². The Kier molecular flexibility index (Phi) is 5.76. The molecule has 2 aromatic heterocycles. The molecule has 146 valence electrons. The first-order chi connectivity index (χ1) is 14.2. The zero-order chi connectivity index (χ0) is 20.1. The van der Waals surface area contributed by atoms with Gasteiger partial charge in [-0.15, -0.1) is 11.3 Å². The maximum absolute atomic E-state index is 12.7. The molecule has 0 fully saturated rings. The number of aromatic nitrogens is 4. The molecule has 29 heavy (non-hydrogen) atoms. The van der Waals surface area contributed by atoms with Crippen LogP contribution in [0.1, 0.15) is 32.9 Å². The van der Waals surface area contributed by atoms with Gasteiger partial charge in [0.2, 0.25) is 0 Å². The molecule has 0 saturated carbocycles. The van der Waals surface area contributed by atoms with Gasteiger partial charge in [-0.25, -0.2) is 9.97 Å². The number of nitrogens with zero attached hydrogens (tertiary/aromatic N) is 3. The van der Waals surface area contributed by atoms with Crippen molar-refractivity contribution in [3.05, 3.63) is 82.6 Å². The van der Waals surface area contributed by atoms with Gasteiger partial charge in [-0.2, -0.15) is 5.10 Å². The van der Waals surface area contributed by atoms with Crippen molar-refractivity contribution in [2.75, 3.05) is 5.32 Å². The Hall–Kier alpha value is -3.32. The number of benzene rings is 2. The Labute approximate surface area is 173 Å². The number of aryl methyl sites for hydroxylation is 3. The standard InChI is InChI=1S/C22H21N5OS/c1-15-19(29-22(25-15)20-23-14-24-27-20)21(28)26-18-12-6-11-17(13-18)10-5-9-16-7-3-2-4-8-16/h2-4,6-8,11-14H,5,9-10H2,1H3,(H,26,28)(H,23,24,27). The third-order valence-electron chi connectivity index (χ3n) is 4.58. The van der Waals surface area contributed by atoms with Gasteiger partial charge in [0.05, 0.1) is 5.69 Å². The van der Waals surface area contributed by atoms with Gasteiger partial charge in [0.15, 0.2) is 10.8 Å².